The number of nitrogens with zero attached hydrogens (tertiary/aromatic N) is 3. The molecule has 1 amide bonds. The fourth-order valence-electron chi connectivity index (χ4n) is 3.03. The van der Waals surface area contributed by atoms with Gasteiger partial charge in [0.05, 0.1) is 11.4 Å². The predicted molar refractivity (Wildman–Crippen MR) is 107 cm³/mol. The Bertz CT molecular complexity index is 896. The zero-order chi connectivity index (χ0) is 19.1. The molecule has 0 saturated heterocycles. The minimum Gasteiger partial charge on any atom is -0.370 e. The summed E-state index contributed by atoms with van der Waals surface area (Å²) < 4.78 is 0. The monoisotopic (exact) mass is 360 g/mol. The SMILES string of the molecule is Cc1cccnc1CN(CCC(N)=O)Cc1ncccc1-c1ccccc1. The molecule has 0 saturated carbocycles. The van der Waals surface area contributed by atoms with Gasteiger partial charge in [0.2, 0.25) is 5.91 Å². The van der Waals surface area contributed by atoms with Crippen LogP contribution in [0.4, 0.5) is 0 Å². The number of amides is 1. The molecule has 1 aromatic carbocycles. The van der Waals surface area contributed by atoms with E-state index < -0.39 is 0 Å². The summed E-state index contributed by atoms with van der Waals surface area (Å²) in [5.41, 5.74) is 10.7. The smallest absolute Gasteiger partial charge is 0.218 e. The lowest BCUT2D eigenvalue weighted by Crippen LogP contribution is -2.28. The third-order valence-electron chi connectivity index (χ3n) is 4.51. The average Bonchev–Trinajstić information content (AvgIpc) is 2.69. The number of aromatic nitrogens is 2. The summed E-state index contributed by atoms with van der Waals surface area (Å²) in [4.78, 5) is 22.6. The first-order valence-electron chi connectivity index (χ1n) is 9.04. The Labute approximate surface area is 159 Å². The molecular weight excluding hydrogens is 336 g/mol. The number of pyridine rings is 2. The van der Waals surface area contributed by atoms with Gasteiger partial charge >= 0.3 is 0 Å². The first-order valence-corrected chi connectivity index (χ1v) is 9.04. The van der Waals surface area contributed by atoms with Crippen molar-refractivity contribution in [3.05, 3.63) is 83.9 Å². The molecule has 0 aliphatic rings. The van der Waals surface area contributed by atoms with Crippen LogP contribution in [-0.2, 0) is 17.9 Å². The second kappa shape index (κ2) is 9.05. The fourth-order valence-corrected chi connectivity index (χ4v) is 3.03. The highest BCUT2D eigenvalue weighted by molar-refractivity contribution is 5.73. The summed E-state index contributed by atoms with van der Waals surface area (Å²) >= 11 is 0. The van der Waals surface area contributed by atoms with Crippen LogP contribution in [-0.4, -0.2) is 27.3 Å². The molecular formula is C22H24N4O. The van der Waals surface area contributed by atoms with Crippen molar-refractivity contribution in [3.63, 3.8) is 0 Å². The van der Waals surface area contributed by atoms with Crippen LogP contribution in [0.15, 0.2) is 67.0 Å². The van der Waals surface area contributed by atoms with E-state index >= 15 is 0 Å². The number of carbonyl (C=O) groups excluding carboxylic acids is 1. The first-order chi connectivity index (χ1) is 13.1. The summed E-state index contributed by atoms with van der Waals surface area (Å²) in [6, 6.07) is 18.2. The minimum atomic E-state index is -0.304. The van der Waals surface area contributed by atoms with Gasteiger partial charge in [-0.25, -0.2) is 0 Å². The van der Waals surface area contributed by atoms with E-state index in [4.69, 9.17) is 5.73 Å². The Morgan fingerprint density at radius 3 is 2.30 bits per heavy atom. The number of carbonyl (C=O) groups is 1. The Morgan fingerprint density at radius 1 is 0.926 bits per heavy atom. The van der Waals surface area contributed by atoms with Crippen LogP contribution in [0.5, 0.6) is 0 Å². The Morgan fingerprint density at radius 2 is 1.59 bits per heavy atom. The molecule has 0 fully saturated rings. The topological polar surface area (TPSA) is 72.1 Å². The number of hydrogen-bond donors (Lipinski definition) is 1. The molecule has 0 aliphatic heterocycles. The third kappa shape index (κ3) is 5.21. The molecule has 3 rings (SSSR count). The maximum Gasteiger partial charge on any atom is 0.218 e. The summed E-state index contributed by atoms with van der Waals surface area (Å²) in [6.45, 7) is 3.88. The number of primary amides is 1. The van der Waals surface area contributed by atoms with Gasteiger partial charge < -0.3 is 5.73 Å². The van der Waals surface area contributed by atoms with E-state index in [2.05, 4.69) is 33.1 Å². The van der Waals surface area contributed by atoms with Crippen molar-refractivity contribution >= 4 is 5.91 Å². The third-order valence-corrected chi connectivity index (χ3v) is 4.51. The fraction of sp³-hybridized carbons (Fsp3) is 0.227. The number of benzene rings is 1. The van der Waals surface area contributed by atoms with E-state index in [1.807, 2.05) is 43.3 Å². The maximum atomic E-state index is 11.3. The van der Waals surface area contributed by atoms with Gasteiger partial charge in [-0.05, 0) is 30.2 Å². The highest BCUT2D eigenvalue weighted by Gasteiger charge is 2.14. The molecule has 2 heterocycles. The predicted octanol–water partition coefficient (Wildman–Crippen LogP) is 3.33. The van der Waals surface area contributed by atoms with Crippen molar-refractivity contribution in [2.75, 3.05) is 6.54 Å². The van der Waals surface area contributed by atoms with Crippen molar-refractivity contribution in [1.29, 1.82) is 0 Å². The zero-order valence-electron chi connectivity index (χ0n) is 15.5. The van der Waals surface area contributed by atoms with Gasteiger partial charge in [0, 0.05) is 44.0 Å². The molecule has 27 heavy (non-hydrogen) atoms. The molecule has 0 unspecified atom stereocenters. The van der Waals surface area contributed by atoms with Gasteiger partial charge in [0.1, 0.15) is 0 Å². The van der Waals surface area contributed by atoms with Crippen LogP contribution in [0.25, 0.3) is 11.1 Å². The molecule has 0 bridgehead atoms. The molecule has 0 radical (unpaired) electrons. The molecule has 0 aliphatic carbocycles. The van der Waals surface area contributed by atoms with Crippen molar-refractivity contribution in [3.8, 4) is 11.1 Å². The average molecular weight is 360 g/mol. The van der Waals surface area contributed by atoms with E-state index in [1.165, 1.54) is 0 Å². The summed E-state index contributed by atoms with van der Waals surface area (Å²) in [5.74, 6) is -0.304. The van der Waals surface area contributed by atoms with Crippen LogP contribution in [0.1, 0.15) is 23.4 Å². The van der Waals surface area contributed by atoms with Crippen LogP contribution in [0, 0.1) is 6.92 Å². The van der Waals surface area contributed by atoms with E-state index in [9.17, 15) is 4.79 Å². The van der Waals surface area contributed by atoms with Crippen LogP contribution < -0.4 is 5.73 Å². The van der Waals surface area contributed by atoms with E-state index in [0.29, 0.717) is 26.1 Å². The molecule has 0 atom stereocenters. The van der Waals surface area contributed by atoms with E-state index in [-0.39, 0.29) is 5.91 Å². The van der Waals surface area contributed by atoms with Crippen molar-refractivity contribution in [2.45, 2.75) is 26.4 Å². The molecule has 3 aromatic rings. The second-order valence-electron chi connectivity index (χ2n) is 6.56. The lowest BCUT2D eigenvalue weighted by atomic mass is 10.0. The summed E-state index contributed by atoms with van der Waals surface area (Å²) in [7, 11) is 0. The van der Waals surface area contributed by atoms with Crippen LogP contribution in [0.3, 0.4) is 0 Å². The molecule has 5 heteroatoms. The van der Waals surface area contributed by atoms with Gasteiger partial charge in [0.25, 0.3) is 0 Å². The van der Waals surface area contributed by atoms with Crippen LogP contribution >= 0.6 is 0 Å². The second-order valence-corrected chi connectivity index (χ2v) is 6.56. The van der Waals surface area contributed by atoms with Crippen molar-refractivity contribution in [1.82, 2.24) is 14.9 Å². The Kier molecular flexibility index (Phi) is 6.28. The van der Waals surface area contributed by atoms with Gasteiger partial charge in [-0.3, -0.25) is 19.7 Å². The quantitative estimate of drug-likeness (QED) is 0.669. The lowest BCUT2D eigenvalue weighted by molar-refractivity contribution is -0.118. The highest BCUT2D eigenvalue weighted by atomic mass is 16.1. The Balaban J connectivity index is 1.86. The largest absolute Gasteiger partial charge is 0.370 e. The van der Waals surface area contributed by atoms with Crippen LogP contribution in [0.2, 0.25) is 0 Å². The van der Waals surface area contributed by atoms with E-state index in [1.54, 1.807) is 12.4 Å². The zero-order valence-corrected chi connectivity index (χ0v) is 15.5. The van der Waals surface area contributed by atoms with E-state index in [0.717, 1.165) is 28.1 Å². The minimum absolute atomic E-state index is 0.304. The van der Waals surface area contributed by atoms with Gasteiger partial charge in [-0.1, -0.05) is 42.5 Å². The van der Waals surface area contributed by atoms with Gasteiger partial charge in [-0.15, -0.1) is 0 Å². The van der Waals surface area contributed by atoms with Gasteiger partial charge in [0.15, 0.2) is 0 Å². The normalized spacial score (nSPS) is 10.9. The molecule has 0 spiro atoms. The number of rotatable bonds is 8. The number of hydrogen-bond acceptors (Lipinski definition) is 4. The lowest BCUT2D eigenvalue weighted by Gasteiger charge is -2.23. The van der Waals surface area contributed by atoms with Gasteiger partial charge in [-0.2, -0.15) is 0 Å². The number of aryl methyl sites for hydroxylation is 1. The van der Waals surface area contributed by atoms with Crippen molar-refractivity contribution < 1.29 is 4.79 Å². The Hall–Kier alpha value is -3.05. The first kappa shape index (κ1) is 18.7. The standard InChI is InChI=1S/C22H24N4O/c1-17-7-5-12-24-20(17)15-26(14-11-22(23)27)16-21-19(10-6-13-25-21)18-8-3-2-4-9-18/h2-10,12-13H,11,14-16H2,1H3,(H2,23,27). The molecule has 2 aromatic heterocycles. The highest BCUT2D eigenvalue weighted by Crippen LogP contribution is 2.23. The van der Waals surface area contributed by atoms with Crippen molar-refractivity contribution in [2.24, 2.45) is 5.73 Å². The number of nitrogens with two attached hydrogens (primary N) is 1. The summed E-state index contributed by atoms with van der Waals surface area (Å²) in [5, 5.41) is 0. The molecule has 5 nitrogen and oxygen atoms in total. The summed E-state index contributed by atoms with van der Waals surface area (Å²) in [6.07, 6.45) is 3.91. The molecule has 138 valence electrons. The maximum absolute atomic E-state index is 11.3. The molecule has 2 N–H and O–H groups in total.